The Bertz CT molecular complexity index is 858. The van der Waals surface area contributed by atoms with E-state index >= 15 is 0 Å². The first-order valence-electron chi connectivity index (χ1n) is 8.29. The molecule has 4 rings (SSSR count). The highest BCUT2D eigenvalue weighted by molar-refractivity contribution is 5.93. The van der Waals surface area contributed by atoms with Gasteiger partial charge in [-0.05, 0) is 25.0 Å². The molecule has 0 aliphatic heterocycles. The lowest BCUT2D eigenvalue weighted by atomic mass is 10.2. The maximum atomic E-state index is 12.4. The highest BCUT2D eigenvalue weighted by atomic mass is 16.3. The molecule has 126 valence electrons. The third-order valence-electron chi connectivity index (χ3n) is 3.93. The van der Waals surface area contributed by atoms with E-state index in [1.54, 1.807) is 12.3 Å². The monoisotopic (exact) mass is 334 g/mol. The molecule has 2 heterocycles. The van der Waals surface area contributed by atoms with Gasteiger partial charge >= 0.3 is 0 Å². The Labute approximate surface area is 145 Å². The molecule has 0 radical (unpaired) electrons. The lowest BCUT2D eigenvalue weighted by Crippen LogP contribution is -2.26. The van der Waals surface area contributed by atoms with Crippen molar-refractivity contribution in [1.29, 1.82) is 0 Å². The van der Waals surface area contributed by atoms with E-state index in [0.717, 1.165) is 24.2 Å². The van der Waals surface area contributed by atoms with Crippen LogP contribution in [0.3, 0.4) is 0 Å². The summed E-state index contributed by atoms with van der Waals surface area (Å²) in [6.45, 7) is 0.488. The first-order chi connectivity index (χ1) is 12.3. The van der Waals surface area contributed by atoms with E-state index in [4.69, 9.17) is 4.42 Å². The highest BCUT2D eigenvalue weighted by Crippen LogP contribution is 2.21. The molecule has 3 aromatic rings. The molecule has 0 unspecified atom stereocenters. The average Bonchev–Trinajstić information content (AvgIpc) is 3.31. The number of hydrogen-bond donors (Lipinski definition) is 2. The minimum atomic E-state index is -0.164. The molecule has 1 amide bonds. The molecule has 2 N–H and O–H groups in total. The SMILES string of the molecule is O=C(NC1CC1)c1cc(NCc2ccco2)nc(-c2ccccc2)n1. The number of amides is 1. The van der Waals surface area contributed by atoms with Crippen molar-refractivity contribution in [3.63, 3.8) is 0 Å². The predicted molar refractivity (Wildman–Crippen MR) is 94.0 cm³/mol. The number of anilines is 1. The molecule has 2 aromatic heterocycles. The second-order valence-corrected chi connectivity index (χ2v) is 6.01. The van der Waals surface area contributed by atoms with Crippen LogP contribution in [-0.4, -0.2) is 21.9 Å². The Balaban J connectivity index is 1.62. The molecule has 1 fully saturated rings. The fourth-order valence-corrected chi connectivity index (χ4v) is 2.45. The van der Waals surface area contributed by atoms with E-state index < -0.39 is 0 Å². The van der Waals surface area contributed by atoms with Crippen molar-refractivity contribution in [2.45, 2.75) is 25.4 Å². The second kappa shape index (κ2) is 6.76. The summed E-state index contributed by atoms with van der Waals surface area (Å²) >= 11 is 0. The number of aromatic nitrogens is 2. The molecular weight excluding hydrogens is 316 g/mol. The van der Waals surface area contributed by atoms with Crippen LogP contribution in [0.4, 0.5) is 5.82 Å². The summed E-state index contributed by atoms with van der Waals surface area (Å²) in [4.78, 5) is 21.4. The predicted octanol–water partition coefficient (Wildman–Crippen LogP) is 3.24. The first kappa shape index (κ1) is 15.4. The molecular formula is C19H18N4O2. The molecule has 0 bridgehead atoms. The largest absolute Gasteiger partial charge is 0.467 e. The van der Waals surface area contributed by atoms with Gasteiger partial charge in [-0.15, -0.1) is 0 Å². The van der Waals surface area contributed by atoms with Gasteiger partial charge in [0.2, 0.25) is 0 Å². The van der Waals surface area contributed by atoms with E-state index in [9.17, 15) is 4.79 Å². The number of rotatable bonds is 6. The standard InChI is InChI=1S/C19H18N4O2/c24-19(21-14-8-9-14)16-11-17(20-12-15-7-4-10-25-15)23-18(22-16)13-5-2-1-3-6-13/h1-7,10-11,14H,8-9,12H2,(H,21,24)(H,20,22,23). The van der Waals surface area contributed by atoms with Crippen LogP contribution in [0.15, 0.2) is 59.2 Å². The van der Waals surface area contributed by atoms with Crippen LogP contribution in [-0.2, 0) is 6.54 Å². The summed E-state index contributed by atoms with van der Waals surface area (Å²) in [6, 6.07) is 15.3. The van der Waals surface area contributed by atoms with Gasteiger partial charge in [0.1, 0.15) is 17.3 Å². The Morgan fingerprint density at radius 1 is 1.12 bits per heavy atom. The number of nitrogens with zero attached hydrogens (tertiary/aromatic N) is 2. The molecule has 25 heavy (non-hydrogen) atoms. The van der Waals surface area contributed by atoms with E-state index in [0.29, 0.717) is 23.9 Å². The van der Waals surface area contributed by atoms with Crippen LogP contribution in [0, 0.1) is 0 Å². The zero-order valence-electron chi connectivity index (χ0n) is 13.6. The lowest BCUT2D eigenvalue weighted by molar-refractivity contribution is 0.0946. The van der Waals surface area contributed by atoms with Crippen LogP contribution < -0.4 is 10.6 Å². The van der Waals surface area contributed by atoms with Crippen molar-refractivity contribution in [3.05, 3.63) is 66.2 Å². The van der Waals surface area contributed by atoms with E-state index in [2.05, 4.69) is 20.6 Å². The van der Waals surface area contributed by atoms with E-state index in [1.165, 1.54) is 0 Å². The molecule has 1 aliphatic rings. The van der Waals surface area contributed by atoms with Crippen LogP contribution in [0.1, 0.15) is 29.1 Å². The summed E-state index contributed by atoms with van der Waals surface area (Å²) in [7, 11) is 0. The maximum Gasteiger partial charge on any atom is 0.270 e. The van der Waals surface area contributed by atoms with Crippen molar-refractivity contribution < 1.29 is 9.21 Å². The number of carbonyl (C=O) groups is 1. The molecule has 0 spiro atoms. The zero-order chi connectivity index (χ0) is 17.1. The quantitative estimate of drug-likeness (QED) is 0.723. The maximum absolute atomic E-state index is 12.4. The van der Waals surface area contributed by atoms with Crippen molar-refractivity contribution in [1.82, 2.24) is 15.3 Å². The number of nitrogens with one attached hydrogen (secondary N) is 2. The van der Waals surface area contributed by atoms with E-state index in [-0.39, 0.29) is 11.9 Å². The van der Waals surface area contributed by atoms with Crippen LogP contribution in [0.25, 0.3) is 11.4 Å². The van der Waals surface area contributed by atoms with Gasteiger partial charge < -0.3 is 15.1 Å². The summed E-state index contributed by atoms with van der Waals surface area (Å²) < 4.78 is 5.32. The van der Waals surface area contributed by atoms with Crippen molar-refractivity contribution >= 4 is 11.7 Å². The smallest absolute Gasteiger partial charge is 0.270 e. The third kappa shape index (κ3) is 3.85. The van der Waals surface area contributed by atoms with Gasteiger partial charge in [-0.3, -0.25) is 4.79 Å². The first-order valence-corrected chi connectivity index (χ1v) is 8.29. The summed E-state index contributed by atoms with van der Waals surface area (Å²) in [5, 5.41) is 6.17. The number of carbonyl (C=O) groups excluding carboxylic acids is 1. The summed E-state index contributed by atoms with van der Waals surface area (Å²) in [5.41, 5.74) is 1.23. The van der Waals surface area contributed by atoms with Crippen molar-refractivity contribution in [2.75, 3.05) is 5.32 Å². The summed E-state index contributed by atoms with van der Waals surface area (Å²) in [6.07, 6.45) is 3.69. The van der Waals surface area contributed by atoms with Gasteiger partial charge in [-0.1, -0.05) is 30.3 Å². The van der Waals surface area contributed by atoms with Gasteiger partial charge in [0, 0.05) is 17.7 Å². The Kier molecular flexibility index (Phi) is 4.16. The number of benzene rings is 1. The fourth-order valence-electron chi connectivity index (χ4n) is 2.45. The molecule has 0 atom stereocenters. The zero-order valence-corrected chi connectivity index (χ0v) is 13.6. The van der Waals surface area contributed by atoms with Crippen molar-refractivity contribution in [3.8, 4) is 11.4 Å². The molecule has 1 saturated carbocycles. The van der Waals surface area contributed by atoms with Gasteiger partial charge in [0.15, 0.2) is 5.82 Å². The van der Waals surface area contributed by atoms with Gasteiger partial charge in [0.05, 0.1) is 12.8 Å². The number of furan rings is 1. The average molecular weight is 334 g/mol. The minimum absolute atomic E-state index is 0.164. The van der Waals surface area contributed by atoms with Crippen LogP contribution in [0.2, 0.25) is 0 Å². The molecule has 0 saturated heterocycles. The normalized spacial score (nSPS) is 13.4. The topological polar surface area (TPSA) is 80.0 Å². The highest BCUT2D eigenvalue weighted by Gasteiger charge is 2.25. The molecule has 1 aromatic carbocycles. The van der Waals surface area contributed by atoms with E-state index in [1.807, 2.05) is 42.5 Å². The Morgan fingerprint density at radius 2 is 1.96 bits per heavy atom. The van der Waals surface area contributed by atoms with Crippen LogP contribution in [0.5, 0.6) is 0 Å². The second-order valence-electron chi connectivity index (χ2n) is 6.01. The van der Waals surface area contributed by atoms with Crippen LogP contribution >= 0.6 is 0 Å². The molecule has 6 heteroatoms. The number of hydrogen-bond acceptors (Lipinski definition) is 5. The minimum Gasteiger partial charge on any atom is -0.467 e. The molecule has 6 nitrogen and oxygen atoms in total. The van der Waals surface area contributed by atoms with Gasteiger partial charge in [-0.25, -0.2) is 9.97 Å². The van der Waals surface area contributed by atoms with Gasteiger partial charge in [0.25, 0.3) is 5.91 Å². The third-order valence-corrected chi connectivity index (χ3v) is 3.93. The van der Waals surface area contributed by atoms with Crippen molar-refractivity contribution in [2.24, 2.45) is 0 Å². The Morgan fingerprint density at radius 3 is 2.68 bits per heavy atom. The fraction of sp³-hybridized carbons (Fsp3) is 0.211. The lowest BCUT2D eigenvalue weighted by Gasteiger charge is -2.10. The van der Waals surface area contributed by atoms with Gasteiger partial charge in [-0.2, -0.15) is 0 Å². The molecule has 1 aliphatic carbocycles. The Hall–Kier alpha value is -3.15. The summed E-state index contributed by atoms with van der Waals surface area (Å²) in [5.74, 6) is 1.74.